The monoisotopic (exact) mass is 508 g/mol. The molecule has 1 aliphatic heterocycles. The zero-order valence-electron chi connectivity index (χ0n) is 20.0. The van der Waals surface area contributed by atoms with E-state index < -0.39 is 15.9 Å². The number of nitrogens with zero attached hydrogens (tertiary/aromatic N) is 2. The molecule has 1 heterocycles. The summed E-state index contributed by atoms with van der Waals surface area (Å²) in [6.07, 6.45) is 0. The fourth-order valence-electron chi connectivity index (χ4n) is 3.64. The molecule has 2 aromatic carbocycles. The minimum Gasteiger partial charge on any atom is -1.00 e. The number of benzene rings is 2. The van der Waals surface area contributed by atoms with Crippen LogP contribution >= 0.6 is 11.6 Å². The summed E-state index contributed by atoms with van der Waals surface area (Å²) in [6, 6.07) is 7.79. The van der Waals surface area contributed by atoms with Gasteiger partial charge >= 0.3 is 29.6 Å². The van der Waals surface area contributed by atoms with Crippen LogP contribution in [0.25, 0.3) is 0 Å². The molecule has 0 aromatic heterocycles. The number of carbonyl (C=O) groups is 1. The molecule has 176 valence electrons. The fourth-order valence-corrected chi connectivity index (χ4v) is 4.45. The molecule has 7 nitrogen and oxygen atoms in total. The van der Waals surface area contributed by atoms with Crippen LogP contribution < -0.4 is 34.3 Å². The van der Waals surface area contributed by atoms with Crippen molar-refractivity contribution in [3.05, 3.63) is 63.4 Å². The fraction of sp³-hybridized carbons (Fsp3) is 0.409. The summed E-state index contributed by atoms with van der Waals surface area (Å²) < 4.78 is 50.8. The third-order valence-corrected chi connectivity index (χ3v) is 6.36. The molecular formula is C22H27ClFN2NaO5S. The molecule has 2 aromatic rings. The maximum atomic E-state index is 13.7. The van der Waals surface area contributed by atoms with Gasteiger partial charge in [0.25, 0.3) is 16.0 Å². The zero-order valence-corrected chi connectivity index (χ0v) is 22.5. The van der Waals surface area contributed by atoms with Crippen LogP contribution in [0.5, 0.6) is 5.75 Å². The average molecular weight is 509 g/mol. The van der Waals surface area contributed by atoms with Crippen molar-refractivity contribution in [1.29, 1.82) is 0 Å². The number of aryl methyl sites for hydroxylation is 2. The van der Waals surface area contributed by atoms with Crippen molar-refractivity contribution in [2.45, 2.75) is 26.1 Å². The Morgan fingerprint density at radius 1 is 1.12 bits per heavy atom. The van der Waals surface area contributed by atoms with Gasteiger partial charge in [-0.25, -0.2) is 4.39 Å². The van der Waals surface area contributed by atoms with Crippen molar-refractivity contribution < 1.29 is 57.9 Å². The Kier molecular flexibility index (Phi) is 10.2. The Bertz CT molecular complexity index is 1110. The Morgan fingerprint density at radius 2 is 1.79 bits per heavy atom. The van der Waals surface area contributed by atoms with Gasteiger partial charge in [-0.1, -0.05) is 17.7 Å². The van der Waals surface area contributed by atoms with Gasteiger partial charge in [0, 0.05) is 43.3 Å². The van der Waals surface area contributed by atoms with Gasteiger partial charge in [0.15, 0.2) is 6.61 Å². The molecule has 0 atom stereocenters. The first-order valence-electron chi connectivity index (χ1n) is 10.1. The van der Waals surface area contributed by atoms with Gasteiger partial charge in [-0.2, -0.15) is 8.42 Å². The quantitative estimate of drug-likeness (QED) is 0.428. The molecule has 1 N–H and O–H groups in total. The molecular weight excluding hydrogens is 482 g/mol. The van der Waals surface area contributed by atoms with Crippen LogP contribution in [0.2, 0.25) is 5.02 Å². The summed E-state index contributed by atoms with van der Waals surface area (Å²) >= 11 is 5.90. The molecule has 0 aliphatic carbocycles. The summed E-state index contributed by atoms with van der Waals surface area (Å²) in [5.74, 6) is -0.896. The second kappa shape index (κ2) is 12.0. The minimum atomic E-state index is -4.28. The second-order valence-electron chi connectivity index (χ2n) is 7.95. The van der Waals surface area contributed by atoms with Crippen molar-refractivity contribution in [3.63, 3.8) is 0 Å². The largest absolute Gasteiger partial charge is 1.00 e. The standard InChI is InChI=1S/C22H26ClFN2O5S.Na.H/c1-15-10-20(24)16(2)9-17(15)12-25-5-7-26(8-6-25)22(27)13-31-21-4-3-19(23)11-18(21)14-32(28,29)30;;/h3-4,9-11H,5-8,12-14H2,1-2H3,(H,28,29,30);;/q;+1;-1. The van der Waals surface area contributed by atoms with E-state index in [4.69, 9.17) is 20.9 Å². The van der Waals surface area contributed by atoms with E-state index in [0.29, 0.717) is 43.3 Å². The van der Waals surface area contributed by atoms with Crippen molar-refractivity contribution in [1.82, 2.24) is 9.80 Å². The first-order valence-corrected chi connectivity index (χ1v) is 12.1. The van der Waals surface area contributed by atoms with Crippen molar-refractivity contribution in [2.24, 2.45) is 0 Å². The summed E-state index contributed by atoms with van der Waals surface area (Å²) in [7, 11) is -4.28. The number of piperazine rings is 1. The Hall–Kier alpha value is -1.20. The summed E-state index contributed by atoms with van der Waals surface area (Å²) in [4.78, 5) is 16.5. The average Bonchev–Trinajstić information content (AvgIpc) is 2.70. The maximum Gasteiger partial charge on any atom is 1.00 e. The Balaban J connectivity index is 0.00000289. The number of carbonyl (C=O) groups excluding carboxylic acids is 1. The third-order valence-electron chi connectivity index (χ3n) is 5.45. The molecule has 1 saturated heterocycles. The van der Waals surface area contributed by atoms with E-state index in [1.165, 1.54) is 18.2 Å². The summed E-state index contributed by atoms with van der Waals surface area (Å²) in [6.45, 7) is 6.48. The van der Waals surface area contributed by atoms with Gasteiger partial charge < -0.3 is 11.1 Å². The number of ether oxygens (including phenoxy) is 1. The van der Waals surface area contributed by atoms with Gasteiger partial charge in [0.1, 0.15) is 17.3 Å². The van der Waals surface area contributed by atoms with E-state index in [1.54, 1.807) is 17.9 Å². The van der Waals surface area contributed by atoms with Crippen LogP contribution in [0, 0.1) is 19.7 Å². The third kappa shape index (κ3) is 8.20. The van der Waals surface area contributed by atoms with Crippen LogP contribution in [0.1, 0.15) is 23.7 Å². The van der Waals surface area contributed by atoms with Crippen LogP contribution in [0.4, 0.5) is 4.39 Å². The Labute approximate surface area is 222 Å². The molecule has 0 unspecified atom stereocenters. The van der Waals surface area contributed by atoms with Crippen LogP contribution in [-0.4, -0.2) is 61.5 Å². The van der Waals surface area contributed by atoms with Gasteiger partial charge in [0.05, 0.1) is 0 Å². The van der Waals surface area contributed by atoms with Gasteiger partial charge in [0.2, 0.25) is 0 Å². The van der Waals surface area contributed by atoms with Crippen LogP contribution in [0.3, 0.4) is 0 Å². The number of rotatable bonds is 7. The summed E-state index contributed by atoms with van der Waals surface area (Å²) in [5.41, 5.74) is 2.78. The van der Waals surface area contributed by atoms with E-state index in [0.717, 1.165) is 11.1 Å². The van der Waals surface area contributed by atoms with E-state index in [9.17, 15) is 17.6 Å². The number of amides is 1. The Morgan fingerprint density at radius 3 is 2.42 bits per heavy atom. The van der Waals surface area contributed by atoms with Crippen molar-refractivity contribution in [2.75, 3.05) is 32.8 Å². The normalized spacial score (nSPS) is 14.6. The minimum absolute atomic E-state index is 0. The SMILES string of the molecule is Cc1cc(CN2CCN(C(=O)COc3ccc(Cl)cc3CS(=O)(=O)O)CC2)c(C)cc1F.[H-].[Na+]. The van der Waals surface area contributed by atoms with E-state index in [1.807, 2.05) is 13.0 Å². The zero-order chi connectivity index (χ0) is 23.5. The molecule has 0 bridgehead atoms. The predicted octanol–water partition coefficient (Wildman–Crippen LogP) is 0.323. The van der Waals surface area contributed by atoms with E-state index >= 15 is 0 Å². The molecule has 1 amide bonds. The molecule has 0 spiro atoms. The topological polar surface area (TPSA) is 87.2 Å². The van der Waals surface area contributed by atoms with Gasteiger partial charge in [-0.05, 0) is 54.8 Å². The molecule has 11 heteroatoms. The molecule has 3 rings (SSSR count). The van der Waals surface area contributed by atoms with E-state index in [-0.39, 0.29) is 60.6 Å². The number of halogens is 2. The van der Waals surface area contributed by atoms with Crippen molar-refractivity contribution >= 4 is 27.6 Å². The first kappa shape index (κ1) is 28.0. The molecule has 0 radical (unpaired) electrons. The number of hydrogen-bond donors (Lipinski definition) is 1. The molecule has 33 heavy (non-hydrogen) atoms. The van der Waals surface area contributed by atoms with Gasteiger partial charge in [-0.3, -0.25) is 14.2 Å². The van der Waals surface area contributed by atoms with Gasteiger partial charge in [-0.15, -0.1) is 0 Å². The predicted molar refractivity (Wildman–Crippen MR) is 121 cm³/mol. The van der Waals surface area contributed by atoms with E-state index in [2.05, 4.69) is 4.90 Å². The second-order valence-corrected chi connectivity index (χ2v) is 9.84. The molecule has 1 fully saturated rings. The van der Waals surface area contributed by atoms with Crippen LogP contribution in [0.15, 0.2) is 30.3 Å². The first-order chi connectivity index (χ1) is 15.0. The smallest absolute Gasteiger partial charge is 1.00 e. The number of hydrogen-bond acceptors (Lipinski definition) is 5. The summed E-state index contributed by atoms with van der Waals surface area (Å²) in [5, 5.41) is 0.296. The molecule has 1 aliphatic rings. The maximum absolute atomic E-state index is 13.7. The molecule has 0 saturated carbocycles. The van der Waals surface area contributed by atoms with Crippen LogP contribution in [-0.2, 0) is 27.2 Å². The van der Waals surface area contributed by atoms with Crippen molar-refractivity contribution in [3.8, 4) is 5.75 Å².